The highest BCUT2D eigenvalue weighted by Gasteiger charge is 2.45. The fourth-order valence-electron chi connectivity index (χ4n) is 8.10. The third kappa shape index (κ3) is 10.4. The highest BCUT2D eigenvalue weighted by molar-refractivity contribution is 6.36. The van der Waals surface area contributed by atoms with Crippen molar-refractivity contribution in [1.29, 1.82) is 0 Å². The van der Waals surface area contributed by atoms with Crippen LogP contribution in [0.4, 0.5) is 20.7 Å². The van der Waals surface area contributed by atoms with Crippen LogP contribution in [0.2, 0.25) is 10.0 Å². The summed E-state index contributed by atoms with van der Waals surface area (Å²) < 4.78 is 22.1. The molecule has 0 radical (unpaired) electrons. The molecule has 5 heterocycles. The van der Waals surface area contributed by atoms with E-state index in [1.165, 1.54) is 12.1 Å². The summed E-state index contributed by atoms with van der Waals surface area (Å²) in [6.45, 7) is 4.23. The first-order valence-corrected chi connectivity index (χ1v) is 22.0. The molecule has 4 aromatic rings. The van der Waals surface area contributed by atoms with Crippen molar-refractivity contribution in [2.24, 2.45) is 0 Å². The van der Waals surface area contributed by atoms with Gasteiger partial charge in [0.25, 0.3) is 11.8 Å². The number of benzene rings is 2. The summed E-state index contributed by atoms with van der Waals surface area (Å²) in [6.07, 6.45) is 9.18. The topological polar surface area (TPSA) is 223 Å². The van der Waals surface area contributed by atoms with Crippen molar-refractivity contribution in [3.63, 3.8) is 0 Å². The molecule has 0 bridgehead atoms. The Hall–Kier alpha value is -6.27. The molecule has 3 aliphatic heterocycles. The number of unbranched alkanes of at least 4 members (excludes halogenated alkanes) is 2. The molecule has 7 rings (SSSR count). The lowest BCUT2D eigenvalue weighted by Crippen LogP contribution is -2.54. The van der Waals surface area contributed by atoms with Crippen molar-refractivity contribution in [3.8, 4) is 16.9 Å². The zero-order chi connectivity index (χ0) is 45.5. The Morgan fingerprint density at radius 1 is 0.953 bits per heavy atom. The zero-order valence-corrected chi connectivity index (χ0v) is 36.6. The standard InChI is InChI=1S/C44H49Cl2FN10O7/c1-25(37-30(45)10-11-31(47)39(37)46)64-34-21-26(22-52-40(34)48)27-23-53-56(24-27)28-14-19-55(20-15-28)36(59)9-2-3-17-50-44(63)51-18-5-4-16-49-32-8-6-7-29-38(32)43(62)57(42(29)61)33-12-13-35(58)54-41(33)60/h6-8,10-11,21-25,28,33,49H,2-5,9,12-20H2,1H3,(H2,48,52)(H2,50,51,63)(H,54,58,60)/t25-,33?/m1/s1. The predicted molar refractivity (Wildman–Crippen MR) is 236 cm³/mol. The number of piperidine rings is 2. The quantitative estimate of drug-likeness (QED) is 0.0467. The molecule has 0 spiro atoms. The number of carbonyl (C=O) groups is 6. The number of aromatic nitrogens is 3. The van der Waals surface area contributed by atoms with Gasteiger partial charge >= 0.3 is 6.03 Å². The fraction of sp³-hybridized carbons (Fsp3) is 0.409. The minimum atomic E-state index is -1.03. The minimum absolute atomic E-state index is 0.0470. The molecular formula is C44H49Cl2FN10O7. The predicted octanol–water partition coefficient (Wildman–Crippen LogP) is 6.04. The van der Waals surface area contributed by atoms with Crippen LogP contribution in [0.1, 0.15) is 103 Å². The van der Waals surface area contributed by atoms with Gasteiger partial charge in [-0.2, -0.15) is 5.10 Å². The van der Waals surface area contributed by atoms with Gasteiger partial charge in [-0.3, -0.25) is 38.9 Å². The summed E-state index contributed by atoms with van der Waals surface area (Å²) in [6, 6.07) is 8.03. The van der Waals surface area contributed by atoms with Gasteiger partial charge in [-0.25, -0.2) is 14.2 Å². The first-order valence-electron chi connectivity index (χ1n) is 21.3. The van der Waals surface area contributed by atoms with Gasteiger partial charge < -0.3 is 31.3 Å². The molecule has 2 fully saturated rings. The van der Waals surface area contributed by atoms with Crippen LogP contribution in [0.3, 0.4) is 0 Å². The number of urea groups is 1. The van der Waals surface area contributed by atoms with Gasteiger partial charge in [-0.1, -0.05) is 29.3 Å². The van der Waals surface area contributed by atoms with E-state index in [1.807, 2.05) is 15.8 Å². The maximum absolute atomic E-state index is 14.1. The summed E-state index contributed by atoms with van der Waals surface area (Å²) >= 11 is 12.5. The zero-order valence-electron chi connectivity index (χ0n) is 35.1. The molecular weight excluding hydrogens is 870 g/mol. The largest absolute Gasteiger partial charge is 0.482 e. The molecule has 0 aliphatic carbocycles. The smallest absolute Gasteiger partial charge is 0.314 e. The molecule has 2 aromatic heterocycles. The number of nitrogen functional groups attached to an aromatic ring is 1. The number of amides is 7. The van der Waals surface area contributed by atoms with E-state index < -0.39 is 41.6 Å². The van der Waals surface area contributed by atoms with Crippen LogP contribution in [0.5, 0.6) is 5.75 Å². The van der Waals surface area contributed by atoms with Crippen LogP contribution in [0, 0.1) is 5.82 Å². The number of fused-ring (bicyclic) bond motifs is 1. The second kappa shape index (κ2) is 20.5. The number of carbonyl (C=O) groups excluding carboxylic acids is 6. The van der Waals surface area contributed by atoms with E-state index in [0.717, 1.165) is 28.9 Å². The molecule has 2 aromatic carbocycles. The summed E-state index contributed by atoms with van der Waals surface area (Å²) in [5, 5.41) is 15.8. The number of anilines is 2. The van der Waals surface area contributed by atoms with Crippen molar-refractivity contribution in [1.82, 2.24) is 40.5 Å². The average Bonchev–Trinajstić information content (AvgIpc) is 3.87. The van der Waals surface area contributed by atoms with E-state index >= 15 is 0 Å². The number of imide groups is 2. The van der Waals surface area contributed by atoms with Gasteiger partial charge in [0, 0.05) is 85.4 Å². The number of halogens is 3. The molecule has 1 unspecified atom stereocenters. The number of hydrogen-bond acceptors (Lipinski definition) is 11. The Labute approximate surface area is 378 Å². The van der Waals surface area contributed by atoms with Gasteiger partial charge in [0.05, 0.1) is 28.4 Å². The molecule has 64 heavy (non-hydrogen) atoms. The summed E-state index contributed by atoms with van der Waals surface area (Å²) in [7, 11) is 0. The van der Waals surface area contributed by atoms with Crippen LogP contribution < -0.4 is 31.7 Å². The average molecular weight is 920 g/mol. The van der Waals surface area contributed by atoms with Crippen LogP contribution in [0.15, 0.2) is 55.0 Å². The highest BCUT2D eigenvalue weighted by Crippen LogP contribution is 2.38. The molecule has 338 valence electrons. The normalized spacial score (nSPS) is 17.0. The Kier molecular flexibility index (Phi) is 14.6. The van der Waals surface area contributed by atoms with E-state index in [2.05, 4.69) is 31.3 Å². The molecule has 17 nitrogen and oxygen atoms in total. The minimum Gasteiger partial charge on any atom is -0.482 e. The lowest BCUT2D eigenvalue weighted by molar-refractivity contribution is -0.136. The lowest BCUT2D eigenvalue weighted by atomic mass is 10.0. The first kappa shape index (κ1) is 45.7. The second-order valence-electron chi connectivity index (χ2n) is 15.9. The number of ether oxygens (including phenoxy) is 1. The van der Waals surface area contributed by atoms with Gasteiger partial charge in [0.2, 0.25) is 17.7 Å². The van der Waals surface area contributed by atoms with Gasteiger partial charge in [0.1, 0.15) is 18.0 Å². The second-order valence-corrected chi connectivity index (χ2v) is 16.7. The van der Waals surface area contributed by atoms with Crippen molar-refractivity contribution in [3.05, 3.63) is 87.5 Å². The maximum Gasteiger partial charge on any atom is 0.314 e. The summed E-state index contributed by atoms with van der Waals surface area (Å²) in [5.74, 6) is -2.31. The third-order valence-corrected chi connectivity index (χ3v) is 12.3. The van der Waals surface area contributed by atoms with Gasteiger partial charge in [-0.15, -0.1) is 0 Å². The molecule has 7 amide bonds. The van der Waals surface area contributed by atoms with Crippen molar-refractivity contribution in [2.75, 3.05) is 43.8 Å². The Bertz CT molecular complexity index is 2440. The van der Waals surface area contributed by atoms with Crippen LogP contribution in [0.25, 0.3) is 11.1 Å². The van der Waals surface area contributed by atoms with E-state index in [0.29, 0.717) is 76.1 Å². The number of nitrogens with one attached hydrogen (secondary N) is 4. The fourth-order valence-corrected chi connectivity index (χ4v) is 8.78. The molecule has 2 atom stereocenters. The molecule has 2 saturated heterocycles. The monoisotopic (exact) mass is 918 g/mol. The van der Waals surface area contributed by atoms with Crippen molar-refractivity contribution in [2.45, 2.75) is 82.9 Å². The number of pyridine rings is 1. The number of nitrogens with two attached hydrogens (primary N) is 1. The van der Waals surface area contributed by atoms with Crippen LogP contribution in [-0.2, 0) is 14.4 Å². The van der Waals surface area contributed by atoms with E-state index in [4.69, 9.17) is 33.7 Å². The summed E-state index contributed by atoms with van der Waals surface area (Å²) in [5.41, 5.74) is 8.84. The Morgan fingerprint density at radius 3 is 2.44 bits per heavy atom. The van der Waals surface area contributed by atoms with E-state index in [1.54, 1.807) is 43.6 Å². The maximum atomic E-state index is 14.1. The van der Waals surface area contributed by atoms with E-state index in [-0.39, 0.29) is 63.6 Å². The van der Waals surface area contributed by atoms with E-state index in [9.17, 15) is 33.2 Å². The SMILES string of the molecule is C[C@@H](Oc1cc(-c2cnn(C3CCN(C(=O)CCCCNC(=O)NCCCCNc4cccc5c4C(=O)N(C4CCC(=O)NC4=O)C5=O)CC3)c2)cnc1N)c1c(Cl)ccc(F)c1Cl. The molecule has 0 saturated carbocycles. The number of hydrogen-bond donors (Lipinski definition) is 5. The third-order valence-electron chi connectivity index (χ3n) is 11.6. The van der Waals surface area contributed by atoms with Crippen molar-refractivity contribution >= 4 is 70.3 Å². The van der Waals surface area contributed by atoms with Crippen LogP contribution >= 0.6 is 23.2 Å². The summed E-state index contributed by atoms with van der Waals surface area (Å²) in [4.78, 5) is 82.7. The van der Waals surface area contributed by atoms with Crippen LogP contribution in [-0.4, -0.2) is 98.9 Å². The first-order chi connectivity index (χ1) is 30.8. The highest BCUT2D eigenvalue weighted by atomic mass is 35.5. The van der Waals surface area contributed by atoms with Crippen molar-refractivity contribution < 1.29 is 37.9 Å². The number of nitrogens with zero attached hydrogens (tertiary/aromatic N) is 5. The number of likely N-dealkylation sites (tertiary alicyclic amines) is 1. The molecule has 3 aliphatic rings. The molecule has 20 heteroatoms. The molecule has 6 N–H and O–H groups in total. The number of rotatable bonds is 17. The Morgan fingerprint density at radius 2 is 1.69 bits per heavy atom. The van der Waals surface area contributed by atoms with Gasteiger partial charge in [-0.05, 0) is 82.2 Å². The van der Waals surface area contributed by atoms with Gasteiger partial charge in [0.15, 0.2) is 11.6 Å². The Balaban J connectivity index is 0.760. The lowest BCUT2D eigenvalue weighted by Gasteiger charge is -2.32.